The summed E-state index contributed by atoms with van der Waals surface area (Å²) in [5.41, 5.74) is 6.02. The van der Waals surface area contributed by atoms with Crippen LogP contribution in [-0.4, -0.2) is 96.5 Å². The zero-order valence-corrected chi connectivity index (χ0v) is 29.0. The van der Waals surface area contributed by atoms with Crippen molar-refractivity contribution in [1.82, 2.24) is 0 Å². The fourth-order valence-corrected chi connectivity index (χ4v) is 7.55. The highest BCUT2D eigenvalue weighted by Gasteiger charge is 2.32. The van der Waals surface area contributed by atoms with Gasteiger partial charge in [0.25, 0.3) is 0 Å². The van der Waals surface area contributed by atoms with Crippen molar-refractivity contribution in [3.8, 4) is 0 Å². The molecule has 4 rings (SSSR count). The van der Waals surface area contributed by atoms with Crippen LogP contribution in [0.2, 0.25) is 18.1 Å². The van der Waals surface area contributed by atoms with Crippen LogP contribution in [0, 0.1) is 0 Å². The average molecular weight is 676 g/mol. The third-order valence-electron chi connectivity index (χ3n) is 8.13. The van der Waals surface area contributed by atoms with Gasteiger partial charge in [0.15, 0.2) is 0 Å². The molecular weight excluding hydrogens is 631 g/mol. The highest BCUT2D eigenvalue weighted by atomic mass is 28.4. The molecule has 45 heavy (non-hydrogen) atoms. The number of hydrogen-bond acceptors (Lipinski definition) is 12. The molecule has 15 heteroatoms. The Hall–Kier alpha value is -2.65. The first kappa shape index (κ1) is 35.2. The molecule has 1 heterocycles. The Bertz CT molecular complexity index is 1180. The second-order valence-corrected chi connectivity index (χ2v) is 18.6. The largest absolute Gasteiger partial charge is 0.495 e. The van der Waals surface area contributed by atoms with Crippen LogP contribution in [0.15, 0.2) is 72.8 Å². The second-order valence-electron chi connectivity index (χ2n) is 11.4. The first-order chi connectivity index (χ1) is 21.3. The second kappa shape index (κ2) is 15.3. The minimum atomic E-state index is -3.62. The Morgan fingerprint density at radius 1 is 0.444 bits per heavy atom. The lowest BCUT2D eigenvalue weighted by Gasteiger charge is -2.45. The van der Waals surface area contributed by atoms with E-state index >= 15 is 0 Å². The lowest BCUT2D eigenvalue weighted by molar-refractivity contribution is 0.183. The molecular formula is C30H45N3O9Si3. The molecule has 246 valence electrons. The van der Waals surface area contributed by atoms with Crippen LogP contribution in [-0.2, 0) is 32.5 Å². The van der Waals surface area contributed by atoms with E-state index in [-0.39, 0.29) is 18.1 Å². The molecule has 1 fully saturated rings. The van der Waals surface area contributed by atoms with E-state index in [1.807, 2.05) is 72.8 Å². The van der Waals surface area contributed by atoms with E-state index in [0.717, 1.165) is 33.8 Å². The predicted octanol–water partition coefficient (Wildman–Crippen LogP) is 1.73. The SMILES string of the molecule is CO[Si](O)(O)CCc1ccc(N2CN(c3ccc(CC[Si](O)(O)OC)cc3)CN(c3ccc(CC[Si](O)(O)OC)cc3)C2)cc1. The summed E-state index contributed by atoms with van der Waals surface area (Å²) in [6.07, 6.45) is 1.52. The third kappa shape index (κ3) is 10.4. The Kier molecular flexibility index (Phi) is 12.0. The van der Waals surface area contributed by atoms with Crippen molar-refractivity contribution in [2.24, 2.45) is 0 Å². The molecule has 0 spiro atoms. The van der Waals surface area contributed by atoms with Crippen LogP contribution in [0.4, 0.5) is 17.1 Å². The maximum Gasteiger partial charge on any atom is 0.495 e. The number of aryl methyl sites for hydroxylation is 3. The van der Waals surface area contributed by atoms with Gasteiger partial charge < -0.3 is 56.8 Å². The molecule has 0 aromatic heterocycles. The Morgan fingerprint density at radius 3 is 0.867 bits per heavy atom. The Balaban J connectivity index is 1.52. The Morgan fingerprint density at radius 2 is 0.667 bits per heavy atom. The quantitative estimate of drug-likeness (QED) is 0.130. The van der Waals surface area contributed by atoms with Crippen molar-refractivity contribution in [3.63, 3.8) is 0 Å². The van der Waals surface area contributed by atoms with Crippen LogP contribution in [0.1, 0.15) is 16.7 Å². The van der Waals surface area contributed by atoms with Crippen LogP contribution in [0.25, 0.3) is 0 Å². The summed E-state index contributed by atoms with van der Waals surface area (Å²) >= 11 is 0. The van der Waals surface area contributed by atoms with Crippen molar-refractivity contribution in [2.75, 3.05) is 56.0 Å². The van der Waals surface area contributed by atoms with Crippen LogP contribution >= 0.6 is 0 Å². The first-order valence-corrected chi connectivity index (χ1v) is 20.9. The van der Waals surface area contributed by atoms with Gasteiger partial charge in [-0.2, -0.15) is 0 Å². The highest BCUT2D eigenvalue weighted by Crippen LogP contribution is 2.28. The van der Waals surface area contributed by atoms with Gasteiger partial charge in [-0.25, -0.2) is 0 Å². The summed E-state index contributed by atoms with van der Waals surface area (Å²) in [7, 11) is -6.91. The number of rotatable bonds is 15. The van der Waals surface area contributed by atoms with Crippen molar-refractivity contribution in [1.29, 1.82) is 0 Å². The summed E-state index contributed by atoms with van der Waals surface area (Å²) in [5.74, 6) is 0. The number of nitrogens with zero attached hydrogens (tertiary/aromatic N) is 3. The summed E-state index contributed by atoms with van der Waals surface area (Å²) in [5, 5.41) is 0. The number of hydrogen-bond donors (Lipinski definition) is 6. The average Bonchev–Trinajstić information content (AvgIpc) is 3.06. The zero-order chi connectivity index (χ0) is 32.7. The summed E-state index contributed by atoms with van der Waals surface area (Å²) < 4.78 is 14.5. The van der Waals surface area contributed by atoms with Crippen molar-refractivity contribution < 1.29 is 42.1 Å². The van der Waals surface area contributed by atoms with Gasteiger partial charge in [-0.3, -0.25) is 0 Å². The standard InChI is InChI=1S/C30H45N3O9Si3/c1-40-43(34,35)19-16-25-4-10-28(11-5-25)31-22-32(29-12-6-26(7-13-29)17-20-44(36,37)41-2)24-33(23-31)30-14-8-27(9-15-30)18-21-45(38,39)42-3/h4-15,34-39H,16-24H2,1-3H3. The van der Waals surface area contributed by atoms with Crippen LogP contribution in [0.5, 0.6) is 0 Å². The molecule has 0 radical (unpaired) electrons. The van der Waals surface area contributed by atoms with Gasteiger partial charge >= 0.3 is 26.4 Å². The molecule has 3 aromatic carbocycles. The van der Waals surface area contributed by atoms with E-state index < -0.39 is 26.4 Å². The minimum Gasteiger partial charge on any atom is -0.390 e. The predicted molar refractivity (Wildman–Crippen MR) is 178 cm³/mol. The fourth-order valence-electron chi connectivity index (χ4n) is 5.09. The molecule has 0 saturated carbocycles. The summed E-state index contributed by atoms with van der Waals surface area (Å²) in [6, 6.07) is 24.8. The lowest BCUT2D eigenvalue weighted by Crippen LogP contribution is -2.55. The molecule has 0 amide bonds. The molecule has 1 saturated heterocycles. The van der Waals surface area contributed by atoms with Crippen LogP contribution in [0.3, 0.4) is 0 Å². The molecule has 0 atom stereocenters. The van der Waals surface area contributed by atoms with Crippen molar-refractivity contribution in [2.45, 2.75) is 37.4 Å². The van der Waals surface area contributed by atoms with E-state index in [9.17, 15) is 28.8 Å². The lowest BCUT2D eigenvalue weighted by atomic mass is 10.1. The molecule has 1 aliphatic rings. The number of benzene rings is 3. The van der Waals surface area contributed by atoms with E-state index in [1.165, 1.54) is 21.3 Å². The van der Waals surface area contributed by atoms with Crippen molar-refractivity contribution in [3.05, 3.63) is 89.5 Å². The van der Waals surface area contributed by atoms with E-state index in [2.05, 4.69) is 14.7 Å². The van der Waals surface area contributed by atoms with Gasteiger partial charge in [0.05, 0.1) is 20.0 Å². The van der Waals surface area contributed by atoms with Gasteiger partial charge in [-0.1, -0.05) is 36.4 Å². The van der Waals surface area contributed by atoms with Gasteiger partial charge in [0, 0.05) is 56.5 Å². The zero-order valence-electron chi connectivity index (χ0n) is 26.0. The molecule has 0 bridgehead atoms. The van der Waals surface area contributed by atoms with E-state index in [1.54, 1.807) is 0 Å². The topological polar surface area (TPSA) is 159 Å². The smallest absolute Gasteiger partial charge is 0.390 e. The van der Waals surface area contributed by atoms with Gasteiger partial charge in [-0.05, 0) is 72.4 Å². The summed E-state index contributed by atoms with van der Waals surface area (Å²) in [4.78, 5) is 66.2. The fraction of sp³-hybridized carbons (Fsp3) is 0.400. The monoisotopic (exact) mass is 675 g/mol. The molecule has 0 unspecified atom stereocenters. The van der Waals surface area contributed by atoms with Crippen LogP contribution < -0.4 is 14.7 Å². The van der Waals surface area contributed by atoms with E-state index in [4.69, 9.17) is 13.3 Å². The Labute approximate surface area is 268 Å². The van der Waals surface area contributed by atoms with Gasteiger partial charge in [0.2, 0.25) is 0 Å². The highest BCUT2D eigenvalue weighted by molar-refractivity contribution is 6.58. The van der Waals surface area contributed by atoms with E-state index in [0.29, 0.717) is 39.3 Å². The maximum atomic E-state index is 9.91. The maximum absolute atomic E-state index is 9.91. The minimum absolute atomic E-state index is 0.191. The normalized spacial score (nSPS) is 14.7. The molecule has 6 N–H and O–H groups in total. The number of anilines is 3. The van der Waals surface area contributed by atoms with Gasteiger partial charge in [0.1, 0.15) is 0 Å². The summed E-state index contributed by atoms with van der Waals surface area (Å²) in [6.45, 7) is 1.89. The molecule has 1 aliphatic heterocycles. The molecule has 3 aromatic rings. The molecule has 12 nitrogen and oxygen atoms in total. The molecule has 0 aliphatic carbocycles. The van der Waals surface area contributed by atoms with Gasteiger partial charge in [-0.15, -0.1) is 0 Å². The first-order valence-electron chi connectivity index (χ1n) is 14.8. The van der Waals surface area contributed by atoms with Crippen molar-refractivity contribution >= 4 is 43.5 Å². The third-order valence-corrected chi connectivity index (χ3v) is 12.8.